The predicted molar refractivity (Wildman–Crippen MR) is 112 cm³/mol. The van der Waals surface area contributed by atoms with Gasteiger partial charge in [0.15, 0.2) is 5.96 Å². The Hall–Kier alpha value is -1.31. The second kappa shape index (κ2) is 9.86. The highest BCUT2D eigenvalue weighted by molar-refractivity contribution is 14.0. The Morgan fingerprint density at radius 2 is 1.83 bits per heavy atom. The summed E-state index contributed by atoms with van der Waals surface area (Å²) in [5, 5.41) is 13.8. The van der Waals surface area contributed by atoms with Crippen molar-refractivity contribution in [2.75, 3.05) is 11.9 Å². The van der Waals surface area contributed by atoms with Crippen LogP contribution in [-0.4, -0.2) is 17.6 Å². The first-order valence-electron chi connectivity index (χ1n) is 7.56. The lowest BCUT2D eigenvalue weighted by Crippen LogP contribution is -2.23. The first-order chi connectivity index (χ1) is 11.0. The van der Waals surface area contributed by atoms with Crippen LogP contribution in [0.1, 0.15) is 37.0 Å². The average Bonchev–Trinajstić information content (AvgIpc) is 2.53. The van der Waals surface area contributed by atoms with Crippen molar-refractivity contribution in [3.63, 3.8) is 0 Å². The molecule has 130 valence electrons. The summed E-state index contributed by atoms with van der Waals surface area (Å²) in [5.41, 5.74) is 8.76. The number of rotatable bonds is 5. The lowest BCUT2D eigenvalue weighted by molar-refractivity contribution is 0.187. The molecule has 0 aliphatic heterocycles. The first kappa shape index (κ1) is 20.7. The van der Waals surface area contributed by atoms with E-state index in [9.17, 15) is 5.11 Å². The van der Waals surface area contributed by atoms with Gasteiger partial charge in [-0.3, -0.25) is 4.99 Å². The lowest BCUT2D eigenvalue weighted by Gasteiger charge is -2.11. The van der Waals surface area contributed by atoms with Crippen LogP contribution >= 0.6 is 35.6 Å². The molecule has 4 nitrogen and oxygen atoms in total. The van der Waals surface area contributed by atoms with Crippen molar-refractivity contribution in [3.05, 3.63) is 64.7 Å². The molecule has 6 heteroatoms. The van der Waals surface area contributed by atoms with Crippen molar-refractivity contribution in [2.45, 2.75) is 25.9 Å². The highest BCUT2D eigenvalue weighted by atomic mass is 127. The highest BCUT2D eigenvalue weighted by Crippen LogP contribution is 2.19. The fraction of sp³-hybridized carbons (Fsp3) is 0.278. The van der Waals surface area contributed by atoms with Gasteiger partial charge in [-0.25, -0.2) is 0 Å². The van der Waals surface area contributed by atoms with Gasteiger partial charge in [0, 0.05) is 10.7 Å². The van der Waals surface area contributed by atoms with Crippen molar-refractivity contribution < 1.29 is 5.11 Å². The van der Waals surface area contributed by atoms with E-state index in [-0.39, 0.29) is 36.5 Å². The highest BCUT2D eigenvalue weighted by Gasteiger charge is 2.07. The first-order valence-corrected chi connectivity index (χ1v) is 7.94. The molecule has 0 saturated heterocycles. The zero-order valence-corrected chi connectivity index (χ0v) is 16.8. The number of aliphatic hydroxyl groups excluding tert-OH is 1. The molecule has 24 heavy (non-hydrogen) atoms. The SMILES string of the molecule is CC(C)c1cccc(NC(N)=NCC(O)c2ccc(Cl)cc2)c1.I. The zero-order chi connectivity index (χ0) is 16.8. The smallest absolute Gasteiger partial charge is 0.193 e. The van der Waals surface area contributed by atoms with E-state index in [0.717, 1.165) is 11.3 Å². The molecule has 0 aromatic heterocycles. The molecule has 0 heterocycles. The summed E-state index contributed by atoms with van der Waals surface area (Å²) in [6, 6.07) is 15.1. The molecule has 0 amide bonds. The third-order valence-corrected chi connectivity index (χ3v) is 3.77. The van der Waals surface area contributed by atoms with Gasteiger partial charge in [0.25, 0.3) is 0 Å². The maximum Gasteiger partial charge on any atom is 0.193 e. The van der Waals surface area contributed by atoms with Gasteiger partial charge >= 0.3 is 0 Å². The maximum atomic E-state index is 10.1. The van der Waals surface area contributed by atoms with Gasteiger partial charge in [-0.15, -0.1) is 24.0 Å². The summed E-state index contributed by atoms with van der Waals surface area (Å²) in [5.74, 6) is 0.723. The molecule has 0 aliphatic rings. The van der Waals surface area contributed by atoms with Gasteiger partial charge in [0.1, 0.15) is 0 Å². The van der Waals surface area contributed by atoms with Crippen LogP contribution in [-0.2, 0) is 0 Å². The summed E-state index contributed by atoms with van der Waals surface area (Å²) in [7, 11) is 0. The maximum absolute atomic E-state index is 10.1. The number of guanidine groups is 1. The second-order valence-electron chi connectivity index (χ2n) is 5.70. The van der Waals surface area contributed by atoms with Gasteiger partial charge in [-0.2, -0.15) is 0 Å². The van der Waals surface area contributed by atoms with Crippen LogP contribution in [0.4, 0.5) is 5.69 Å². The summed E-state index contributed by atoms with van der Waals surface area (Å²) in [6.07, 6.45) is -0.713. The number of benzene rings is 2. The van der Waals surface area contributed by atoms with Gasteiger partial charge < -0.3 is 16.2 Å². The Morgan fingerprint density at radius 1 is 1.17 bits per heavy atom. The van der Waals surface area contributed by atoms with Gasteiger partial charge in [-0.1, -0.05) is 49.7 Å². The largest absolute Gasteiger partial charge is 0.386 e. The number of hydrogen-bond acceptors (Lipinski definition) is 2. The summed E-state index contributed by atoms with van der Waals surface area (Å²) in [4.78, 5) is 4.19. The molecular weight excluding hydrogens is 437 g/mol. The molecule has 1 unspecified atom stereocenters. The van der Waals surface area contributed by atoms with Crippen LogP contribution in [0.25, 0.3) is 0 Å². The summed E-state index contributed by atoms with van der Waals surface area (Å²) < 4.78 is 0. The standard InChI is InChI=1S/C18H22ClN3O.HI/c1-12(2)14-4-3-5-16(10-14)22-18(20)21-11-17(23)13-6-8-15(19)9-7-13;/h3-10,12,17,23H,11H2,1-2H3,(H3,20,21,22);1H. The number of aliphatic hydroxyl groups is 1. The van der Waals surface area contributed by atoms with Crippen molar-refractivity contribution in [1.82, 2.24) is 0 Å². The number of halogens is 2. The molecule has 0 bridgehead atoms. The van der Waals surface area contributed by atoms with Crippen molar-refractivity contribution in [3.8, 4) is 0 Å². The molecule has 1 atom stereocenters. The molecule has 0 saturated carbocycles. The predicted octanol–water partition coefficient (Wildman–Crippen LogP) is 4.54. The van der Waals surface area contributed by atoms with Gasteiger partial charge in [0.2, 0.25) is 0 Å². The van der Waals surface area contributed by atoms with Crippen molar-refractivity contribution >= 4 is 47.2 Å². The Labute approximate surface area is 165 Å². The average molecular weight is 460 g/mol. The molecular formula is C18H23ClIN3O. The molecule has 0 spiro atoms. The fourth-order valence-corrected chi connectivity index (χ4v) is 2.26. The molecule has 0 radical (unpaired) electrons. The number of nitrogens with one attached hydrogen (secondary N) is 1. The Balaban J connectivity index is 0.00000288. The third-order valence-electron chi connectivity index (χ3n) is 3.52. The Kier molecular flexibility index (Phi) is 8.52. The molecule has 2 rings (SSSR count). The number of aliphatic imine (C=N–C) groups is 1. The van der Waals surface area contributed by atoms with E-state index in [2.05, 4.69) is 30.2 Å². The normalized spacial score (nSPS) is 12.6. The van der Waals surface area contributed by atoms with Gasteiger partial charge in [0.05, 0.1) is 12.6 Å². The number of nitrogens with two attached hydrogens (primary N) is 1. The van der Waals surface area contributed by atoms with Crippen LogP contribution in [0, 0.1) is 0 Å². The van der Waals surface area contributed by atoms with E-state index >= 15 is 0 Å². The fourth-order valence-electron chi connectivity index (χ4n) is 2.14. The summed E-state index contributed by atoms with van der Waals surface area (Å²) >= 11 is 5.83. The number of hydrogen-bond donors (Lipinski definition) is 3. The van der Waals surface area contributed by atoms with Gasteiger partial charge in [-0.05, 0) is 41.3 Å². The number of nitrogens with zero attached hydrogens (tertiary/aromatic N) is 1. The topological polar surface area (TPSA) is 70.6 Å². The van der Waals surface area contributed by atoms with Crippen LogP contribution in [0.5, 0.6) is 0 Å². The van der Waals surface area contributed by atoms with Crippen molar-refractivity contribution in [1.29, 1.82) is 0 Å². The lowest BCUT2D eigenvalue weighted by atomic mass is 10.0. The van der Waals surface area contributed by atoms with Crippen LogP contribution in [0.3, 0.4) is 0 Å². The van der Waals surface area contributed by atoms with Crippen LogP contribution in [0.2, 0.25) is 5.02 Å². The monoisotopic (exact) mass is 459 g/mol. The van der Waals surface area contributed by atoms with Crippen LogP contribution < -0.4 is 11.1 Å². The quantitative estimate of drug-likeness (QED) is 0.349. The van der Waals surface area contributed by atoms with Crippen molar-refractivity contribution in [2.24, 2.45) is 10.7 Å². The summed E-state index contributed by atoms with van der Waals surface area (Å²) in [6.45, 7) is 4.46. The van der Waals surface area contributed by atoms with E-state index in [1.165, 1.54) is 5.56 Å². The zero-order valence-electron chi connectivity index (χ0n) is 13.7. The van der Waals surface area contributed by atoms with E-state index in [1.54, 1.807) is 24.3 Å². The molecule has 0 aliphatic carbocycles. The Morgan fingerprint density at radius 3 is 2.46 bits per heavy atom. The number of anilines is 1. The molecule has 2 aromatic carbocycles. The Bertz CT molecular complexity index is 674. The van der Waals surface area contributed by atoms with Crippen LogP contribution in [0.15, 0.2) is 53.5 Å². The minimum atomic E-state index is -0.713. The van der Waals surface area contributed by atoms with E-state index in [0.29, 0.717) is 10.9 Å². The minimum Gasteiger partial charge on any atom is -0.386 e. The molecule has 0 fully saturated rings. The molecule has 4 N–H and O–H groups in total. The third kappa shape index (κ3) is 6.30. The molecule has 2 aromatic rings. The second-order valence-corrected chi connectivity index (χ2v) is 6.13. The van der Waals surface area contributed by atoms with E-state index < -0.39 is 6.10 Å². The van der Waals surface area contributed by atoms with E-state index in [4.69, 9.17) is 17.3 Å². The van der Waals surface area contributed by atoms with E-state index in [1.807, 2.05) is 18.2 Å². The minimum absolute atomic E-state index is 0.